The minimum atomic E-state index is 0.0539. The SMILES string of the molecule is CCN(CC)CCN1CCN(c2ccnc3c(-c4ccc(CO)cc4)cnn23)CC1. The number of fused-ring (bicyclic) bond motifs is 1. The summed E-state index contributed by atoms with van der Waals surface area (Å²) in [6.45, 7) is 13.2. The van der Waals surface area contributed by atoms with Gasteiger partial charge in [0.1, 0.15) is 5.82 Å². The predicted molar refractivity (Wildman–Crippen MR) is 121 cm³/mol. The fourth-order valence-corrected chi connectivity index (χ4v) is 4.13. The first kappa shape index (κ1) is 20.8. The predicted octanol–water partition coefficient (Wildman–Crippen LogP) is 2.35. The van der Waals surface area contributed by atoms with Crippen LogP contribution in [-0.2, 0) is 6.61 Å². The number of rotatable bonds is 8. The van der Waals surface area contributed by atoms with Gasteiger partial charge in [-0.2, -0.15) is 9.61 Å². The van der Waals surface area contributed by atoms with Gasteiger partial charge < -0.3 is 14.9 Å². The maximum Gasteiger partial charge on any atom is 0.165 e. The number of nitrogens with zero attached hydrogens (tertiary/aromatic N) is 6. The van der Waals surface area contributed by atoms with Crippen molar-refractivity contribution in [3.8, 4) is 11.1 Å². The van der Waals surface area contributed by atoms with E-state index in [1.54, 1.807) is 0 Å². The standard InChI is InChI=1S/C23H32N6O/c1-3-26(4-2)11-12-27-13-15-28(16-14-27)22-9-10-24-23-21(17-25-29(22)23)20-7-5-19(18-30)6-8-20/h5-10,17,30H,3-4,11-16,18H2,1-2H3. The number of hydrogen-bond donors (Lipinski definition) is 1. The molecule has 0 aliphatic carbocycles. The highest BCUT2D eigenvalue weighted by Gasteiger charge is 2.20. The molecule has 3 heterocycles. The van der Waals surface area contributed by atoms with E-state index < -0.39 is 0 Å². The molecular formula is C23H32N6O. The number of benzene rings is 1. The Kier molecular flexibility index (Phi) is 6.62. The second kappa shape index (κ2) is 9.55. The van der Waals surface area contributed by atoms with E-state index in [4.69, 9.17) is 0 Å². The molecule has 1 fully saturated rings. The largest absolute Gasteiger partial charge is 0.392 e. The van der Waals surface area contributed by atoms with Crippen molar-refractivity contribution in [2.24, 2.45) is 0 Å². The zero-order valence-corrected chi connectivity index (χ0v) is 18.0. The fourth-order valence-electron chi connectivity index (χ4n) is 4.13. The average Bonchev–Trinajstić information content (AvgIpc) is 3.24. The molecule has 4 rings (SSSR count). The van der Waals surface area contributed by atoms with Crippen LogP contribution >= 0.6 is 0 Å². The van der Waals surface area contributed by atoms with Crippen LogP contribution < -0.4 is 4.90 Å². The molecule has 160 valence electrons. The summed E-state index contributed by atoms with van der Waals surface area (Å²) in [7, 11) is 0. The van der Waals surface area contributed by atoms with Crippen LogP contribution in [0.2, 0.25) is 0 Å². The second-order valence-corrected chi connectivity index (χ2v) is 7.81. The van der Waals surface area contributed by atoms with Crippen molar-refractivity contribution in [1.29, 1.82) is 0 Å². The van der Waals surface area contributed by atoms with Crippen LogP contribution in [0.5, 0.6) is 0 Å². The van der Waals surface area contributed by atoms with Crippen molar-refractivity contribution >= 4 is 11.5 Å². The van der Waals surface area contributed by atoms with E-state index in [-0.39, 0.29) is 6.61 Å². The van der Waals surface area contributed by atoms with E-state index in [2.05, 4.69) is 44.7 Å². The number of aliphatic hydroxyl groups is 1. The van der Waals surface area contributed by atoms with Crippen molar-refractivity contribution in [3.05, 3.63) is 48.3 Å². The Morgan fingerprint density at radius 1 is 1.00 bits per heavy atom. The molecule has 30 heavy (non-hydrogen) atoms. The van der Waals surface area contributed by atoms with E-state index in [0.29, 0.717) is 0 Å². The second-order valence-electron chi connectivity index (χ2n) is 7.81. The van der Waals surface area contributed by atoms with Gasteiger partial charge in [-0.25, -0.2) is 4.98 Å². The van der Waals surface area contributed by atoms with Crippen molar-refractivity contribution in [1.82, 2.24) is 24.4 Å². The van der Waals surface area contributed by atoms with Crippen molar-refractivity contribution in [2.45, 2.75) is 20.5 Å². The van der Waals surface area contributed by atoms with Gasteiger partial charge in [-0.05, 0) is 30.3 Å². The third kappa shape index (κ3) is 4.33. The zero-order chi connectivity index (χ0) is 20.9. The van der Waals surface area contributed by atoms with E-state index in [1.165, 1.54) is 0 Å². The number of aromatic nitrogens is 3. The molecule has 2 aromatic heterocycles. The van der Waals surface area contributed by atoms with Crippen LogP contribution in [0.3, 0.4) is 0 Å². The third-order valence-corrected chi connectivity index (χ3v) is 6.15. The number of likely N-dealkylation sites (N-methyl/N-ethyl adjacent to an activating group) is 1. The van der Waals surface area contributed by atoms with Crippen molar-refractivity contribution < 1.29 is 5.11 Å². The van der Waals surface area contributed by atoms with Crippen LogP contribution in [0.1, 0.15) is 19.4 Å². The molecule has 3 aromatic rings. The summed E-state index contributed by atoms with van der Waals surface area (Å²) < 4.78 is 1.96. The Morgan fingerprint density at radius 2 is 1.73 bits per heavy atom. The van der Waals surface area contributed by atoms with Gasteiger partial charge in [-0.3, -0.25) is 4.90 Å². The summed E-state index contributed by atoms with van der Waals surface area (Å²) in [6, 6.07) is 9.99. The van der Waals surface area contributed by atoms with Gasteiger partial charge in [-0.15, -0.1) is 0 Å². The number of anilines is 1. The highest BCUT2D eigenvalue weighted by molar-refractivity contribution is 5.78. The zero-order valence-electron chi connectivity index (χ0n) is 18.0. The van der Waals surface area contributed by atoms with Gasteiger partial charge in [0.15, 0.2) is 5.65 Å². The lowest BCUT2D eigenvalue weighted by molar-refractivity contribution is 0.205. The maximum atomic E-state index is 9.28. The van der Waals surface area contributed by atoms with Gasteiger partial charge in [0, 0.05) is 51.0 Å². The summed E-state index contributed by atoms with van der Waals surface area (Å²) in [5.41, 5.74) is 3.85. The molecule has 1 N–H and O–H groups in total. The van der Waals surface area contributed by atoms with Crippen LogP contribution in [0.4, 0.5) is 5.82 Å². The lowest BCUT2D eigenvalue weighted by Crippen LogP contribution is -2.49. The lowest BCUT2D eigenvalue weighted by atomic mass is 10.1. The molecule has 7 nitrogen and oxygen atoms in total. The Hall–Kier alpha value is -2.48. The Bertz CT molecular complexity index is 942. The van der Waals surface area contributed by atoms with Crippen LogP contribution in [0.15, 0.2) is 42.7 Å². The van der Waals surface area contributed by atoms with Gasteiger partial charge in [0.25, 0.3) is 0 Å². The molecule has 0 bridgehead atoms. The van der Waals surface area contributed by atoms with Crippen molar-refractivity contribution in [3.63, 3.8) is 0 Å². The summed E-state index contributed by atoms with van der Waals surface area (Å²) in [5, 5.41) is 13.9. The number of aliphatic hydroxyl groups excluding tert-OH is 1. The summed E-state index contributed by atoms with van der Waals surface area (Å²) in [6.07, 6.45) is 3.77. The minimum Gasteiger partial charge on any atom is -0.392 e. The molecule has 7 heteroatoms. The molecule has 1 aromatic carbocycles. The normalized spacial score (nSPS) is 15.4. The molecule has 1 aliphatic rings. The van der Waals surface area contributed by atoms with Crippen molar-refractivity contribution in [2.75, 3.05) is 57.3 Å². The third-order valence-electron chi connectivity index (χ3n) is 6.15. The van der Waals surface area contributed by atoms with E-state index in [9.17, 15) is 5.11 Å². The smallest absolute Gasteiger partial charge is 0.165 e. The van der Waals surface area contributed by atoms with E-state index in [1.807, 2.05) is 41.2 Å². The molecule has 0 radical (unpaired) electrons. The number of hydrogen-bond acceptors (Lipinski definition) is 6. The molecule has 1 saturated heterocycles. The molecule has 1 aliphatic heterocycles. The molecular weight excluding hydrogens is 376 g/mol. The topological polar surface area (TPSA) is 60.1 Å². The summed E-state index contributed by atoms with van der Waals surface area (Å²) in [4.78, 5) is 12.1. The molecule has 0 atom stereocenters. The van der Waals surface area contributed by atoms with E-state index >= 15 is 0 Å². The first-order valence-corrected chi connectivity index (χ1v) is 11.0. The van der Waals surface area contributed by atoms with Gasteiger partial charge >= 0.3 is 0 Å². The van der Waals surface area contributed by atoms with Crippen LogP contribution in [-0.4, -0.2) is 81.9 Å². The molecule has 0 saturated carbocycles. The van der Waals surface area contributed by atoms with Crippen LogP contribution in [0.25, 0.3) is 16.8 Å². The van der Waals surface area contributed by atoms with E-state index in [0.717, 1.165) is 80.5 Å². The Morgan fingerprint density at radius 3 is 2.40 bits per heavy atom. The molecule has 0 amide bonds. The monoisotopic (exact) mass is 408 g/mol. The minimum absolute atomic E-state index is 0.0539. The quantitative estimate of drug-likeness (QED) is 0.617. The summed E-state index contributed by atoms with van der Waals surface area (Å²) in [5.74, 6) is 1.10. The highest BCUT2D eigenvalue weighted by Crippen LogP contribution is 2.26. The lowest BCUT2D eigenvalue weighted by Gasteiger charge is -2.36. The first-order chi connectivity index (χ1) is 14.7. The fraction of sp³-hybridized carbons (Fsp3) is 0.478. The highest BCUT2D eigenvalue weighted by atomic mass is 16.3. The Balaban J connectivity index is 1.47. The number of piperazine rings is 1. The molecule has 0 spiro atoms. The van der Waals surface area contributed by atoms with Gasteiger partial charge in [-0.1, -0.05) is 38.1 Å². The summed E-state index contributed by atoms with van der Waals surface area (Å²) >= 11 is 0. The molecule has 0 unspecified atom stereocenters. The Labute approximate surface area is 178 Å². The average molecular weight is 409 g/mol. The van der Waals surface area contributed by atoms with Gasteiger partial charge in [0.2, 0.25) is 0 Å². The van der Waals surface area contributed by atoms with Crippen LogP contribution in [0, 0.1) is 0 Å². The maximum absolute atomic E-state index is 9.28. The van der Waals surface area contributed by atoms with Gasteiger partial charge in [0.05, 0.1) is 12.8 Å². The first-order valence-electron chi connectivity index (χ1n) is 11.0.